The number of benzene rings is 2. The van der Waals surface area contributed by atoms with E-state index >= 15 is 0 Å². The second-order valence-electron chi connectivity index (χ2n) is 8.97. The number of non-ortho nitro benzene ring substituents is 1. The average Bonchev–Trinajstić information content (AvgIpc) is 3.58. The van der Waals surface area contributed by atoms with Gasteiger partial charge in [-0.25, -0.2) is 0 Å². The van der Waals surface area contributed by atoms with Gasteiger partial charge in [-0.05, 0) is 66.5 Å². The summed E-state index contributed by atoms with van der Waals surface area (Å²) >= 11 is 0. The summed E-state index contributed by atoms with van der Waals surface area (Å²) in [5.74, 6) is 0.270. The van der Waals surface area contributed by atoms with Crippen LogP contribution in [0.2, 0.25) is 0 Å². The molecule has 8 nitrogen and oxygen atoms in total. The van der Waals surface area contributed by atoms with Gasteiger partial charge in [0.05, 0.1) is 22.4 Å². The zero-order valence-corrected chi connectivity index (χ0v) is 16.9. The molecule has 1 N–H and O–H groups in total. The second kappa shape index (κ2) is 6.59. The van der Waals surface area contributed by atoms with Crippen LogP contribution in [0.5, 0.6) is 0 Å². The van der Waals surface area contributed by atoms with Crippen molar-refractivity contribution >= 4 is 34.8 Å². The largest absolute Gasteiger partial charge is 0.322 e. The number of carbonyl (C=O) groups is 3. The Bertz CT molecular complexity index is 1170. The highest BCUT2D eigenvalue weighted by Crippen LogP contribution is 2.65. The first-order chi connectivity index (χ1) is 15.4. The van der Waals surface area contributed by atoms with Gasteiger partial charge in [-0.1, -0.05) is 12.2 Å². The number of hydrogen-bond donors (Lipinski definition) is 1. The molecule has 3 amide bonds. The van der Waals surface area contributed by atoms with Crippen molar-refractivity contribution in [1.82, 2.24) is 0 Å². The highest BCUT2D eigenvalue weighted by molar-refractivity contribution is 6.22. The van der Waals surface area contributed by atoms with Crippen LogP contribution in [0.15, 0.2) is 60.7 Å². The fourth-order valence-corrected chi connectivity index (χ4v) is 5.84. The molecule has 2 saturated carbocycles. The Kier molecular flexibility index (Phi) is 3.90. The molecule has 1 heterocycles. The van der Waals surface area contributed by atoms with Crippen molar-refractivity contribution in [2.75, 3.05) is 10.2 Å². The number of imide groups is 1. The van der Waals surface area contributed by atoms with Crippen LogP contribution in [0.4, 0.5) is 17.1 Å². The molecule has 160 valence electrons. The molecule has 2 bridgehead atoms. The van der Waals surface area contributed by atoms with E-state index in [1.54, 1.807) is 24.3 Å². The summed E-state index contributed by atoms with van der Waals surface area (Å²) < 4.78 is 0. The van der Waals surface area contributed by atoms with E-state index in [1.807, 2.05) is 0 Å². The first kappa shape index (κ1) is 18.9. The molecule has 0 spiro atoms. The Labute approximate surface area is 183 Å². The van der Waals surface area contributed by atoms with Crippen LogP contribution >= 0.6 is 0 Å². The standard InChI is InChI=1S/C24H19N3O5/c28-22(25-13-3-7-15(8-4-13)27(31)32)12-1-5-14(6-2-12)26-23(29)20-16-9-10-17(19-11-18(16)19)21(20)24(26)30/h1-10,16-21H,11H2,(H,25,28)/t16-,17-,18-,19-,20-,21+/m1/s1. The fraction of sp³-hybridized carbons (Fsp3) is 0.292. The molecular formula is C24H19N3O5. The molecule has 32 heavy (non-hydrogen) atoms. The summed E-state index contributed by atoms with van der Waals surface area (Å²) in [6, 6.07) is 11.9. The molecule has 5 aliphatic rings. The lowest BCUT2D eigenvalue weighted by molar-refractivity contribution is -0.384. The van der Waals surface area contributed by atoms with E-state index < -0.39 is 4.92 Å². The molecule has 8 heteroatoms. The van der Waals surface area contributed by atoms with Gasteiger partial charge in [-0.15, -0.1) is 0 Å². The van der Waals surface area contributed by atoms with Crippen LogP contribution in [0.25, 0.3) is 0 Å². The minimum atomic E-state index is -0.508. The number of hydrogen-bond acceptors (Lipinski definition) is 5. The number of nitrogens with zero attached hydrogens (tertiary/aromatic N) is 2. The van der Waals surface area contributed by atoms with Crippen LogP contribution in [-0.2, 0) is 9.59 Å². The number of allylic oxidation sites excluding steroid dienone is 2. The maximum absolute atomic E-state index is 13.2. The first-order valence-corrected chi connectivity index (χ1v) is 10.7. The van der Waals surface area contributed by atoms with Crippen molar-refractivity contribution in [2.24, 2.45) is 35.5 Å². The van der Waals surface area contributed by atoms with Crippen molar-refractivity contribution in [3.8, 4) is 0 Å². The molecule has 6 atom stereocenters. The van der Waals surface area contributed by atoms with Gasteiger partial charge in [0.1, 0.15) is 0 Å². The smallest absolute Gasteiger partial charge is 0.269 e. The summed E-state index contributed by atoms with van der Waals surface area (Å²) in [4.78, 5) is 50.4. The van der Waals surface area contributed by atoms with E-state index in [2.05, 4.69) is 17.5 Å². The van der Waals surface area contributed by atoms with Gasteiger partial charge in [0.25, 0.3) is 11.6 Å². The summed E-state index contributed by atoms with van der Waals surface area (Å²) in [6.07, 6.45) is 5.40. The van der Waals surface area contributed by atoms with E-state index in [0.29, 0.717) is 28.8 Å². The topological polar surface area (TPSA) is 110 Å². The number of nitro benzene ring substituents is 1. The third-order valence-corrected chi connectivity index (χ3v) is 7.39. The van der Waals surface area contributed by atoms with E-state index in [4.69, 9.17) is 0 Å². The van der Waals surface area contributed by atoms with Crippen molar-refractivity contribution in [2.45, 2.75) is 6.42 Å². The molecule has 7 rings (SSSR count). The van der Waals surface area contributed by atoms with E-state index in [9.17, 15) is 24.5 Å². The molecule has 3 fully saturated rings. The normalized spacial score (nSPS) is 31.3. The fourth-order valence-electron chi connectivity index (χ4n) is 5.84. The van der Waals surface area contributed by atoms with Crippen molar-refractivity contribution in [3.05, 3.63) is 76.4 Å². The Morgan fingerprint density at radius 3 is 2.00 bits per heavy atom. The highest BCUT2D eigenvalue weighted by Gasteiger charge is 2.67. The van der Waals surface area contributed by atoms with Crippen molar-refractivity contribution < 1.29 is 19.3 Å². The lowest BCUT2D eigenvalue weighted by atomic mass is 9.63. The minimum Gasteiger partial charge on any atom is -0.322 e. The average molecular weight is 429 g/mol. The molecule has 0 unspecified atom stereocenters. The maximum atomic E-state index is 13.2. The van der Waals surface area contributed by atoms with Crippen LogP contribution in [0.3, 0.4) is 0 Å². The van der Waals surface area contributed by atoms with Gasteiger partial charge in [-0.2, -0.15) is 0 Å². The molecule has 2 aromatic rings. The Hall–Kier alpha value is -3.81. The van der Waals surface area contributed by atoms with Gasteiger partial charge < -0.3 is 5.32 Å². The third-order valence-electron chi connectivity index (χ3n) is 7.39. The SMILES string of the molecule is O=C(Nc1ccc([N+](=O)[O-])cc1)c1ccc(N2C(=O)[C@@H]3[C@@H]4C=C[C@H]([C@H]5C[C@H]45)[C@@H]3C2=O)cc1. The second-order valence-corrected chi connectivity index (χ2v) is 8.97. The molecule has 1 saturated heterocycles. The number of rotatable bonds is 4. The lowest BCUT2D eigenvalue weighted by Gasteiger charge is -2.37. The number of nitrogens with one attached hydrogen (secondary N) is 1. The van der Waals surface area contributed by atoms with E-state index in [1.165, 1.54) is 29.2 Å². The van der Waals surface area contributed by atoms with Crippen molar-refractivity contribution in [3.63, 3.8) is 0 Å². The number of anilines is 2. The van der Waals surface area contributed by atoms with E-state index in [0.717, 1.165) is 6.42 Å². The maximum Gasteiger partial charge on any atom is 0.269 e. The third kappa shape index (κ3) is 2.65. The van der Waals surface area contributed by atoms with Crippen LogP contribution in [0, 0.1) is 45.6 Å². The predicted molar refractivity (Wildman–Crippen MR) is 115 cm³/mol. The molecule has 1 aliphatic heterocycles. The van der Waals surface area contributed by atoms with Crippen molar-refractivity contribution in [1.29, 1.82) is 0 Å². The quantitative estimate of drug-likeness (QED) is 0.347. The highest BCUT2D eigenvalue weighted by atomic mass is 16.6. The summed E-state index contributed by atoms with van der Waals surface area (Å²) in [5, 5.41) is 13.4. The first-order valence-electron chi connectivity index (χ1n) is 10.7. The lowest BCUT2D eigenvalue weighted by Crippen LogP contribution is -2.40. The number of nitro groups is 1. The van der Waals surface area contributed by atoms with Crippen LogP contribution in [-0.4, -0.2) is 22.6 Å². The molecular weight excluding hydrogens is 410 g/mol. The van der Waals surface area contributed by atoms with Gasteiger partial charge in [0.2, 0.25) is 11.8 Å². The molecule has 4 aliphatic carbocycles. The number of carbonyl (C=O) groups excluding carboxylic acids is 3. The monoisotopic (exact) mass is 429 g/mol. The Morgan fingerprint density at radius 2 is 1.47 bits per heavy atom. The van der Waals surface area contributed by atoms with Gasteiger partial charge in [0.15, 0.2) is 0 Å². The summed E-state index contributed by atoms with van der Waals surface area (Å²) in [7, 11) is 0. The summed E-state index contributed by atoms with van der Waals surface area (Å²) in [5.41, 5.74) is 1.20. The van der Waals surface area contributed by atoms with Crippen LogP contribution < -0.4 is 10.2 Å². The Balaban J connectivity index is 1.19. The zero-order valence-electron chi connectivity index (χ0n) is 16.9. The van der Waals surface area contributed by atoms with Gasteiger partial charge in [0, 0.05) is 23.4 Å². The molecule has 2 aromatic carbocycles. The van der Waals surface area contributed by atoms with Crippen LogP contribution in [0.1, 0.15) is 16.8 Å². The van der Waals surface area contributed by atoms with Gasteiger partial charge in [-0.3, -0.25) is 29.4 Å². The Morgan fingerprint density at radius 1 is 0.906 bits per heavy atom. The molecule has 0 aromatic heterocycles. The predicted octanol–water partition coefficient (Wildman–Crippen LogP) is 3.40. The van der Waals surface area contributed by atoms with E-state index in [-0.39, 0.29) is 47.1 Å². The van der Waals surface area contributed by atoms with Gasteiger partial charge >= 0.3 is 0 Å². The minimum absolute atomic E-state index is 0.0613. The molecule has 0 radical (unpaired) electrons. The zero-order chi connectivity index (χ0) is 22.1. The summed E-state index contributed by atoms with van der Waals surface area (Å²) in [6.45, 7) is 0. The number of amides is 3.